The molecular formula is C15H23N3O5S. The molecule has 3 atom stereocenters. The molecule has 3 unspecified atom stereocenters. The Bertz CT molecular complexity index is 677. The number of imide groups is 1. The van der Waals surface area contributed by atoms with Crippen LogP contribution in [-0.4, -0.2) is 60.8 Å². The molecule has 0 aromatic heterocycles. The van der Waals surface area contributed by atoms with E-state index in [1.165, 1.54) is 0 Å². The van der Waals surface area contributed by atoms with E-state index in [9.17, 15) is 22.8 Å². The molecule has 0 bridgehead atoms. The second-order valence-electron chi connectivity index (χ2n) is 7.11. The first-order chi connectivity index (χ1) is 11.2. The van der Waals surface area contributed by atoms with Crippen molar-refractivity contribution >= 4 is 27.7 Å². The lowest BCUT2D eigenvalue weighted by molar-refractivity contribution is -0.137. The second kappa shape index (κ2) is 6.02. The Morgan fingerprint density at radius 2 is 2.08 bits per heavy atom. The lowest BCUT2D eigenvalue weighted by Crippen LogP contribution is -2.54. The van der Waals surface area contributed by atoms with Crippen LogP contribution in [-0.2, 0) is 19.4 Å². The molecule has 0 aromatic rings. The molecule has 2 heterocycles. The maximum Gasteiger partial charge on any atom is 0.325 e. The van der Waals surface area contributed by atoms with E-state index in [-0.39, 0.29) is 29.9 Å². The molecule has 1 aliphatic carbocycles. The van der Waals surface area contributed by atoms with E-state index < -0.39 is 33.4 Å². The van der Waals surface area contributed by atoms with Crippen molar-refractivity contribution < 1.29 is 22.8 Å². The summed E-state index contributed by atoms with van der Waals surface area (Å²) >= 11 is 0. The fourth-order valence-corrected chi connectivity index (χ4v) is 5.64. The summed E-state index contributed by atoms with van der Waals surface area (Å²) in [5.74, 6) is -0.826. The SMILES string of the molecule is CC1CCCCC12NC(=O)N(CC(=O)NC1CCS(=O)(=O)C1)C2=O. The zero-order valence-electron chi connectivity index (χ0n) is 13.7. The Morgan fingerprint density at radius 1 is 1.33 bits per heavy atom. The third kappa shape index (κ3) is 3.01. The Morgan fingerprint density at radius 3 is 2.71 bits per heavy atom. The van der Waals surface area contributed by atoms with Gasteiger partial charge in [-0.15, -0.1) is 0 Å². The van der Waals surface area contributed by atoms with Crippen molar-refractivity contribution in [3.05, 3.63) is 0 Å². The van der Waals surface area contributed by atoms with Crippen molar-refractivity contribution in [3.63, 3.8) is 0 Å². The number of hydrogen-bond donors (Lipinski definition) is 2. The molecule has 9 heteroatoms. The van der Waals surface area contributed by atoms with Crippen molar-refractivity contribution in [3.8, 4) is 0 Å². The van der Waals surface area contributed by atoms with Crippen LogP contribution < -0.4 is 10.6 Å². The van der Waals surface area contributed by atoms with Gasteiger partial charge in [-0.3, -0.25) is 14.5 Å². The maximum absolute atomic E-state index is 12.7. The number of urea groups is 1. The predicted octanol–water partition coefficient (Wildman–Crippen LogP) is -0.210. The molecule has 3 rings (SSSR count). The van der Waals surface area contributed by atoms with Crippen LogP contribution >= 0.6 is 0 Å². The molecule has 1 spiro atoms. The monoisotopic (exact) mass is 357 g/mol. The van der Waals surface area contributed by atoms with E-state index in [1.807, 2.05) is 6.92 Å². The third-order valence-electron chi connectivity index (χ3n) is 5.40. The van der Waals surface area contributed by atoms with Gasteiger partial charge in [0.2, 0.25) is 5.91 Å². The van der Waals surface area contributed by atoms with Gasteiger partial charge in [-0.25, -0.2) is 13.2 Å². The lowest BCUT2D eigenvalue weighted by Gasteiger charge is -2.36. The molecule has 8 nitrogen and oxygen atoms in total. The van der Waals surface area contributed by atoms with Crippen molar-refractivity contribution in [2.45, 2.75) is 50.6 Å². The minimum Gasteiger partial charge on any atom is -0.351 e. The van der Waals surface area contributed by atoms with Crippen LogP contribution in [0, 0.1) is 5.92 Å². The standard InChI is InChI=1S/C15H23N3O5S/c1-10-4-2-3-6-15(10)13(20)18(14(21)17-15)8-12(19)16-11-5-7-24(22,23)9-11/h10-11H,2-9H2,1H3,(H,16,19)(H,17,21). The van der Waals surface area contributed by atoms with Crippen LogP contribution in [0.4, 0.5) is 4.79 Å². The second-order valence-corrected chi connectivity index (χ2v) is 9.34. The summed E-state index contributed by atoms with van der Waals surface area (Å²) in [6.07, 6.45) is 3.73. The first-order valence-electron chi connectivity index (χ1n) is 8.37. The van der Waals surface area contributed by atoms with Crippen molar-refractivity contribution in [1.82, 2.24) is 15.5 Å². The lowest BCUT2D eigenvalue weighted by atomic mass is 9.73. The molecule has 1 saturated carbocycles. The van der Waals surface area contributed by atoms with Gasteiger partial charge in [0.05, 0.1) is 11.5 Å². The van der Waals surface area contributed by atoms with Gasteiger partial charge >= 0.3 is 6.03 Å². The van der Waals surface area contributed by atoms with E-state index in [2.05, 4.69) is 10.6 Å². The average Bonchev–Trinajstić information content (AvgIpc) is 2.95. The molecule has 24 heavy (non-hydrogen) atoms. The Labute approximate surface area is 141 Å². The van der Waals surface area contributed by atoms with E-state index in [0.717, 1.165) is 24.2 Å². The summed E-state index contributed by atoms with van der Waals surface area (Å²) in [6, 6.07) is -0.978. The highest BCUT2D eigenvalue weighted by Gasteiger charge is 2.55. The first kappa shape index (κ1) is 17.2. The number of rotatable bonds is 3. The zero-order valence-corrected chi connectivity index (χ0v) is 14.5. The van der Waals surface area contributed by atoms with E-state index in [0.29, 0.717) is 12.8 Å². The van der Waals surface area contributed by atoms with Crippen LogP contribution in [0.3, 0.4) is 0 Å². The van der Waals surface area contributed by atoms with Gasteiger partial charge in [0.25, 0.3) is 5.91 Å². The highest BCUT2D eigenvalue weighted by atomic mass is 32.2. The number of sulfone groups is 1. The molecular weight excluding hydrogens is 334 g/mol. The number of carbonyl (C=O) groups excluding carboxylic acids is 3. The van der Waals surface area contributed by atoms with Crippen molar-refractivity contribution in [1.29, 1.82) is 0 Å². The number of hydrogen-bond acceptors (Lipinski definition) is 5. The van der Waals surface area contributed by atoms with Crippen LogP contribution in [0.15, 0.2) is 0 Å². The molecule has 0 radical (unpaired) electrons. The Hall–Kier alpha value is -1.64. The van der Waals surface area contributed by atoms with Crippen LogP contribution in [0.1, 0.15) is 39.0 Å². The van der Waals surface area contributed by atoms with E-state index in [4.69, 9.17) is 0 Å². The minimum absolute atomic E-state index is 0.0377. The highest BCUT2D eigenvalue weighted by molar-refractivity contribution is 7.91. The number of nitrogens with zero attached hydrogens (tertiary/aromatic N) is 1. The van der Waals surface area contributed by atoms with E-state index >= 15 is 0 Å². The van der Waals surface area contributed by atoms with Gasteiger partial charge in [0, 0.05) is 6.04 Å². The quantitative estimate of drug-likeness (QED) is 0.679. The fraction of sp³-hybridized carbons (Fsp3) is 0.800. The Balaban J connectivity index is 1.64. The summed E-state index contributed by atoms with van der Waals surface area (Å²) in [7, 11) is -3.09. The molecule has 4 amide bonds. The van der Waals surface area contributed by atoms with Crippen molar-refractivity contribution in [2.24, 2.45) is 5.92 Å². The summed E-state index contributed by atoms with van der Waals surface area (Å²) < 4.78 is 22.9. The third-order valence-corrected chi connectivity index (χ3v) is 7.17. The highest BCUT2D eigenvalue weighted by Crippen LogP contribution is 2.38. The first-order valence-corrected chi connectivity index (χ1v) is 10.2. The summed E-state index contributed by atoms with van der Waals surface area (Å²) in [5, 5.41) is 5.41. The van der Waals surface area contributed by atoms with Crippen LogP contribution in [0.2, 0.25) is 0 Å². The zero-order chi connectivity index (χ0) is 17.5. The van der Waals surface area contributed by atoms with Gasteiger partial charge in [0.15, 0.2) is 9.84 Å². The van der Waals surface area contributed by atoms with E-state index in [1.54, 1.807) is 0 Å². The normalized spacial score (nSPS) is 35.3. The van der Waals surface area contributed by atoms with Gasteiger partial charge in [-0.2, -0.15) is 0 Å². The maximum atomic E-state index is 12.7. The molecule has 3 fully saturated rings. The van der Waals surface area contributed by atoms with Gasteiger partial charge in [-0.1, -0.05) is 19.8 Å². The van der Waals surface area contributed by atoms with Gasteiger partial charge < -0.3 is 10.6 Å². The summed E-state index contributed by atoms with van der Waals surface area (Å²) in [5.41, 5.74) is -0.883. The largest absolute Gasteiger partial charge is 0.351 e. The van der Waals surface area contributed by atoms with Crippen LogP contribution in [0.5, 0.6) is 0 Å². The molecule has 0 aromatic carbocycles. The molecule has 3 aliphatic rings. The number of carbonyl (C=O) groups is 3. The fourth-order valence-electron chi connectivity index (χ4n) is 3.96. The Kier molecular flexibility index (Phi) is 4.31. The number of amides is 4. The van der Waals surface area contributed by atoms with Gasteiger partial charge in [0.1, 0.15) is 12.1 Å². The molecule has 2 N–H and O–H groups in total. The predicted molar refractivity (Wildman–Crippen MR) is 85.8 cm³/mol. The number of nitrogens with one attached hydrogen (secondary N) is 2. The average molecular weight is 357 g/mol. The summed E-state index contributed by atoms with van der Waals surface area (Å²) in [4.78, 5) is 38.0. The van der Waals surface area contributed by atoms with Gasteiger partial charge in [-0.05, 0) is 25.2 Å². The summed E-state index contributed by atoms with van der Waals surface area (Å²) in [6.45, 7) is 1.58. The van der Waals surface area contributed by atoms with Crippen LogP contribution in [0.25, 0.3) is 0 Å². The topological polar surface area (TPSA) is 113 Å². The minimum atomic E-state index is -3.09. The molecule has 134 valence electrons. The molecule has 2 aliphatic heterocycles. The molecule has 2 saturated heterocycles. The smallest absolute Gasteiger partial charge is 0.325 e. The van der Waals surface area contributed by atoms with Crippen molar-refractivity contribution in [2.75, 3.05) is 18.1 Å².